The second-order valence-corrected chi connectivity index (χ2v) is 8.79. The molecule has 5 nitrogen and oxygen atoms in total. The molecule has 1 saturated heterocycles. The first-order valence-corrected chi connectivity index (χ1v) is 10.2. The fourth-order valence-electron chi connectivity index (χ4n) is 3.94. The Morgan fingerprint density at radius 1 is 1.32 bits per heavy atom. The van der Waals surface area contributed by atoms with Crippen molar-refractivity contribution in [3.63, 3.8) is 0 Å². The van der Waals surface area contributed by atoms with Crippen LogP contribution in [0.1, 0.15) is 72.6 Å². The topological polar surface area (TPSA) is 50.8 Å². The van der Waals surface area contributed by atoms with Crippen molar-refractivity contribution in [1.29, 1.82) is 0 Å². The molecule has 25 heavy (non-hydrogen) atoms. The zero-order valence-corrected chi connectivity index (χ0v) is 16.7. The molecule has 2 atom stereocenters. The molecule has 0 radical (unpaired) electrons. The summed E-state index contributed by atoms with van der Waals surface area (Å²) in [6.07, 6.45) is 9.02. The lowest BCUT2D eigenvalue weighted by Gasteiger charge is -2.37. The van der Waals surface area contributed by atoms with Crippen molar-refractivity contribution in [2.45, 2.75) is 90.3 Å². The quantitative estimate of drug-likeness (QED) is 0.703. The van der Waals surface area contributed by atoms with Gasteiger partial charge < -0.3 is 19.7 Å². The van der Waals surface area contributed by atoms with Gasteiger partial charge in [0.15, 0.2) is 0 Å². The fraction of sp³-hybridized carbons (Fsp3) is 0.950. The maximum atomic E-state index is 12.4. The number of carbonyl (C=O) groups is 1. The van der Waals surface area contributed by atoms with Crippen LogP contribution >= 0.6 is 0 Å². The van der Waals surface area contributed by atoms with Crippen molar-refractivity contribution < 1.29 is 14.3 Å². The SMILES string of the molecule is CC(CC1COCCN1C(=O)OC(C)(C)C)NCCCC1CCCC1. The van der Waals surface area contributed by atoms with Gasteiger partial charge in [0.1, 0.15) is 5.60 Å². The van der Waals surface area contributed by atoms with E-state index in [4.69, 9.17) is 9.47 Å². The van der Waals surface area contributed by atoms with Crippen LogP contribution in [0.25, 0.3) is 0 Å². The lowest BCUT2D eigenvalue weighted by molar-refractivity contribution is -0.0355. The van der Waals surface area contributed by atoms with Crippen LogP contribution in [0.3, 0.4) is 0 Å². The molecule has 0 spiro atoms. The van der Waals surface area contributed by atoms with Gasteiger partial charge >= 0.3 is 6.09 Å². The van der Waals surface area contributed by atoms with Crippen LogP contribution < -0.4 is 5.32 Å². The van der Waals surface area contributed by atoms with E-state index in [1.54, 1.807) is 0 Å². The van der Waals surface area contributed by atoms with Crippen molar-refractivity contribution in [3.05, 3.63) is 0 Å². The molecule has 5 heteroatoms. The maximum absolute atomic E-state index is 12.4. The average Bonchev–Trinajstić information content (AvgIpc) is 3.04. The number of nitrogens with zero attached hydrogens (tertiary/aromatic N) is 1. The Labute approximate surface area is 153 Å². The molecule has 2 unspecified atom stereocenters. The van der Waals surface area contributed by atoms with Gasteiger partial charge in [-0.3, -0.25) is 0 Å². The predicted molar refractivity (Wildman–Crippen MR) is 101 cm³/mol. The Morgan fingerprint density at radius 3 is 2.72 bits per heavy atom. The van der Waals surface area contributed by atoms with E-state index in [1.165, 1.54) is 38.5 Å². The van der Waals surface area contributed by atoms with Gasteiger partial charge in [-0.25, -0.2) is 4.79 Å². The van der Waals surface area contributed by atoms with E-state index < -0.39 is 5.60 Å². The molecule has 0 aromatic carbocycles. The summed E-state index contributed by atoms with van der Waals surface area (Å²) >= 11 is 0. The third kappa shape index (κ3) is 7.53. The summed E-state index contributed by atoms with van der Waals surface area (Å²) in [4.78, 5) is 14.3. The van der Waals surface area contributed by atoms with Gasteiger partial charge in [-0.2, -0.15) is 0 Å². The van der Waals surface area contributed by atoms with Crippen LogP contribution in [0, 0.1) is 5.92 Å². The number of nitrogens with one attached hydrogen (secondary N) is 1. The molecule has 2 fully saturated rings. The number of carbonyl (C=O) groups excluding carboxylic acids is 1. The van der Waals surface area contributed by atoms with Gasteiger partial charge in [0.2, 0.25) is 0 Å². The smallest absolute Gasteiger partial charge is 0.410 e. The molecule has 1 saturated carbocycles. The Hall–Kier alpha value is -0.810. The van der Waals surface area contributed by atoms with Crippen molar-refractivity contribution in [1.82, 2.24) is 10.2 Å². The molecule has 1 heterocycles. The van der Waals surface area contributed by atoms with Gasteiger partial charge in [-0.15, -0.1) is 0 Å². The van der Waals surface area contributed by atoms with Crippen molar-refractivity contribution >= 4 is 6.09 Å². The molecule has 0 bridgehead atoms. The van der Waals surface area contributed by atoms with E-state index in [0.29, 0.717) is 25.8 Å². The molecule has 0 aromatic rings. The lowest BCUT2D eigenvalue weighted by atomic mass is 10.0. The van der Waals surface area contributed by atoms with E-state index in [9.17, 15) is 4.79 Å². The van der Waals surface area contributed by atoms with Crippen LogP contribution in [0.15, 0.2) is 0 Å². The summed E-state index contributed by atoms with van der Waals surface area (Å²) in [6, 6.07) is 0.473. The first-order valence-electron chi connectivity index (χ1n) is 10.2. The number of morpholine rings is 1. The molecule has 1 aliphatic carbocycles. The normalized spacial score (nSPS) is 23.7. The van der Waals surface area contributed by atoms with E-state index in [2.05, 4.69) is 12.2 Å². The molecule has 0 aromatic heterocycles. The summed E-state index contributed by atoms with van der Waals surface area (Å²) in [5.74, 6) is 0.964. The lowest BCUT2D eigenvalue weighted by Crippen LogP contribution is -2.52. The predicted octanol–water partition coefficient (Wildman–Crippen LogP) is 3.96. The van der Waals surface area contributed by atoms with Crippen LogP contribution in [-0.4, -0.2) is 55.0 Å². The zero-order valence-electron chi connectivity index (χ0n) is 16.7. The second kappa shape index (κ2) is 9.77. The largest absolute Gasteiger partial charge is 0.444 e. The van der Waals surface area contributed by atoms with Crippen molar-refractivity contribution in [2.24, 2.45) is 5.92 Å². The highest BCUT2D eigenvalue weighted by Gasteiger charge is 2.31. The molecule has 1 amide bonds. The Kier molecular flexibility index (Phi) is 8.01. The minimum Gasteiger partial charge on any atom is -0.444 e. The van der Waals surface area contributed by atoms with Crippen LogP contribution in [0.5, 0.6) is 0 Å². The first kappa shape index (κ1) is 20.5. The summed E-state index contributed by atoms with van der Waals surface area (Å²) < 4.78 is 11.2. The highest BCUT2D eigenvalue weighted by molar-refractivity contribution is 5.68. The molecule has 2 aliphatic rings. The first-order chi connectivity index (χ1) is 11.8. The monoisotopic (exact) mass is 354 g/mol. The Morgan fingerprint density at radius 2 is 2.04 bits per heavy atom. The van der Waals surface area contributed by atoms with Crippen molar-refractivity contribution in [2.75, 3.05) is 26.3 Å². The maximum Gasteiger partial charge on any atom is 0.410 e. The van der Waals surface area contributed by atoms with Crippen LogP contribution in [0.4, 0.5) is 4.79 Å². The van der Waals surface area contributed by atoms with Gasteiger partial charge in [0.05, 0.1) is 19.3 Å². The highest BCUT2D eigenvalue weighted by atomic mass is 16.6. The number of amides is 1. The fourth-order valence-corrected chi connectivity index (χ4v) is 3.94. The van der Waals surface area contributed by atoms with E-state index in [0.717, 1.165) is 18.9 Å². The zero-order chi connectivity index (χ0) is 18.3. The average molecular weight is 355 g/mol. The second-order valence-electron chi connectivity index (χ2n) is 8.79. The van der Waals surface area contributed by atoms with E-state index in [1.807, 2.05) is 25.7 Å². The molecule has 1 N–H and O–H groups in total. The van der Waals surface area contributed by atoms with Gasteiger partial charge in [0.25, 0.3) is 0 Å². The molecular weight excluding hydrogens is 316 g/mol. The number of hydrogen-bond donors (Lipinski definition) is 1. The number of ether oxygens (including phenoxy) is 2. The van der Waals surface area contributed by atoms with Crippen LogP contribution in [-0.2, 0) is 9.47 Å². The third-order valence-electron chi connectivity index (χ3n) is 5.24. The number of rotatable bonds is 7. The Balaban J connectivity index is 1.70. The van der Waals surface area contributed by atoms with Crippen molar-refractivity contribution in [3.8, 4) is 0 Å². The Bertz CT molecular complexity index is 402. The van der Waals surface area contributed by atoms with Gasteiger partial charge in [-0.1, -0.05) is 25.7 Å². The summed E-state index contributed by atoms with van der Waals surface area (Å²) in [5.41, 5.74) is -0.454. The molecule has 1 aliphatic heterocycles. The van der Waals surface area contributed by atoms with E-state index in [-0.39, 0.29) is 12.1 Å². The summed E-state index contributed by atoms with van der Waals surface area (Å²) in [6.45, 7) is 10.8. The van der Waals surface area contributed by atoms with Gasteiger partial charge in [0, 0.05) is 12.6 Å². The van der Waals surface area contributed by atoms with Crippen LogP contribution in [0.2, 0.25) is 0 Å². The minimum absolute atomic E-state index is 0.0981. The number of hydrogen-bond acceptors (Lipinski definition) is 4. The highest BCUT2D eigenvalue weighted by Crippen LogP contribution is 2.28. The summed E-state index contributed by atoms with van der Waals surface area (Å²) in [5, 5.41) is 3.63. The third-order valence-corrected chi connectivity index (χ3v) is 5.24. The molecule has 2 rings (SSSR count). The standard InChI is InChI=1S/C20H38N2O3/c1-16(21-11-7-10-17-8-5-6-9-17)14-18-15-24-13-12-22(18)19(23)25-20(2,3)4/h16-18,21H,5-15H2,1-4H3. The summed E-state index contributed by atoms with van der Waals surface area (Å²) in [7, 11) is 0. The van der Waals surface area contributed by atoms with E-state index >= 15 is 0 Å². The molecular formula is C20H38N2O3. The molecule has 146 valence electrons. The minimum atomic E-state index is -0.454. The van der Waals surface area contributed by atoms with Gasteiger partial charge in [-0.05, 0) is 59.4 Å².